The maximum atomic E-state index is 12.4. The smallest absolute Gasteiger partial charge is 0.321 e. The summed E-state index contributed by atoms with van der Waals surface area (Å²) in [6, 6.07) is 17.1. The molecule has 0 radical (unpaired) electrons. The zero-order valence-corrected chi connectivity index (χ0v) is 15.1. The van der Waals surface area contributed by atoms with Crippen molar-refractivity contribution in [3.05, 3.63) is 60.2 Å². The zero-order chi connectivity index (χ0) is 19.1. The highest BCUT2D eigenvalue weighted by Gasteiger charge is 2.28. The monoisotopic (exact) mass is 368 g/mol. The van der Waals surface area contributed by atoms with Crippen molar-refractivity contribution in [1.82, 2.24) is 4.90 Å². The number of carboxylic acids is 1. The molecule has 6 heteroatoms. The number of hydrogen-bond acceptors (Lipinski definition) is 3. The number of amides is 2. The first-order valence-electron chi connectivity index (χ1n) is 9.17. The molecule has 2 amide bonds. The average Bonchev–Trinajstić information content (AvgIpc) is 2.69. The summed E-state index contributed by atoms with van der Waals surface area (Å²) in [4.78, 5) is 25.1. The molecule has 1 aliphatic heterocycles. The van der Waals surface area contributed by atoms with Gasteiger partial charge in [0.05, 0.1) is 12.5 Å². The minimum atomic E-state index is -0.846. The Bertz CT molecular complexity index is 779. The van der Waals surface area contributed by atoms with Gasteiger partial charge in [-0.3, -0.25) is 4.79 Å². The molecule has 2 aromatic rings. The van der Waals surface area contributed by atoms with Gasteiger partial charge in [-0.05, 0) is 30.5 Å². The molecule has 142 valence electrons. The van der Waals surface area contributed by atoms with Crippen LogP contribution in [0.15, 0.2) is 54.6 Å². The fourth-order valence-electron chi connectivity index (χ4n) is 3.16. The summed E-state index contributed by atoms with van der Waals surface area (Å²) in [5, 5.41) is 12.0. The highest BCUT2D eigenvalue weighted by atomic mass is 16.5. The van der Waals surface area contributed by atoms with Crippen LogP contribution in [0.5, 0.6) is 5.75 Å². The van der Waals surface area contributed by atoms with Crippen molar-refractivity contribution >= 4 is 17.7 Å². The van der Waals surface area contributed by atoms with Crippen molar-refractivity contribution in [3.63, 3.8) is 0 Å². The van der Waals surface area contributed by atoms with Gasteiger partial charge in [0.2, 0.25) is 0 Å². The van der Waals surface area contributed by atoms with Crippen LogP contribution in [0, 0.1) is 5.92 Å². The summed E-state index contributed by atoms with van der Waals surface area (Å²) in [5.41, 5.74) is 1.84. The number of hydrogen-bond donors (Lipinski definition) is 2. The highest BCUT2D eigenvalue weighted by molar-refractivity contribution is 5.90. The number of likely N-dealkylation sites (tertiary alicyclic amines) is 1. The Balaban J connectivity index is 1.52. The van der Waals surface area contributed by atoms with E-state index in [4.69, 9.17) is 9.84 Å². The van der Waals surface area contributed by atoms with Crippen LogP contribution in [0.2, 0.25) is 0 Å². The van der Waals surface area contributed by atoms with Gasteiger partial charge in [-0.25, -0.2) is 4.79 Å². The maximum absolute atomic E-state index is 12.4. The number of carboxylic acid groups (broad SMARTS) is 1. The molecule has 3 rings (SSSR count). The van der Waals surface area contributed by atoms with Crippen LogP contribution in [-0.2, 0) is 11.2 Å². The fraction of sp³-hybridized carbons (Fsp3) is 0.333. The quantitative estimate of drug-likeness (QED) is 0.816. The molecule has 2 aromatic carbocycles. The first-order valence-corrected chi connectivity index (χ1v) is 9.17. The lowest BCUT2D eigenvalue weighted by Crippen LogP contribution is -2.44. The molecule has 0 saturated carbocycles. The number of benzene rings is 2. The van der Waals surface area contributed by atoms with Crippen LogP contribution in [0.4, 0.5) is 10.5 Å². The van der Waals surface area contributed by atoms with Crippen molar-refractivity contribution in [1.29, 1.82) is 0 Å². The van der Waals surface area contributed by atoms with Crippen molar-refractivity contribution in [2.75, 3.05) is 25.0 Å². The molecule has 1 unspecified atom stereocenters. The molecular formula is C21H24N2O4. The minimum absolute atomic E-state index is 0.244. The predicted molar refractivity (Wildman–Crippen MR) is 103 cm³/mol. The molecule has 27 heavy (non-hydrogen) atoms. The van der Waals surface area contributed by atoms with E-state index in [1.54, 1.807) is 17.0 Å². The topological polar surface area (TPSA) is 78.9 Å². The molecule has 1 heterocycles. The molecule has 1 fully saturated rings. The molecule has 0 aromatic heterocycles. The Kier molecular flexibility index (Phi) is 6.30. The van der Waals surface area contributed by atoms with Crippen LogP contribution < -0.4 is 10.1 Å². The van der Waals surface area contributed by atoms with E-state index in [1.165, 1.54) is 5.56 Å². The largest absolute Gasteiger partial charge is 0.493 e. The molecule has 1 saturated heterocycles. The van der Waals surface area contributed by atoms with Crippen molar-refractivity contribution in [2.45, 2.75) is 19.3 Å². The lowest BCUT2D eigenvalue weighted by atomic mass is 9.99. The van der Waals surface area contributed by atoms with Gasteiger partial charge in [-0.15, -0.1) is 0 Å². The molecule has 0 aliphatic carbocycles. The highest BCUT2D eigenvalue weighted by Crippen LogP contribution is 2.20. The normalized spacial score (nSPS) is 16.6. The number of carbonyl (C=O) groups is 2. The third-order valence-corrected chi connectivity index (χ3v) is 4.65. The summed E-state index contributed by atoms with van der Waals surface area (Å²) in [7, 11) is 0. The van der Waals surface area contributed by atoms with Crippen LogP contribution >= 0.6 is 0 Å². The van der Waals surface area contributed by atoms with E-state index < -0.39 is 11.9 Å². The third kappa shape index (κ3) is 5.48. The summed E-state index contributed by atoms with van der Waals surface area (Å²) in [5.74, 6) is -0.649. The minimum Gasteiger partial charge on any atom is -0.493 e. The predicted octanol–water partition coefficient (Wildman–Crippen LogP) is 3.64. The number of rotatable bonds is 6. The second-order valence-corrected chi connectivity index (χ2v) is 6.67. The van der Waals surface area contributed by atoms with E-state index in [0.717, 1.165) is 6.42 Å². The fourth-order valence-corrected chi connectivity index (χ4v) is 3.16. The Morgan fingerprint density at radius 2 is 1.96 bits per heavy atom. The van der Waals surface area contributed by atoms with Gasteiger partial charge < -0.3 is 20.1 Å². The maximum Gasteiger partial charge on any atom is 0.321 e. The molecular weight excluding hydrogens is 344 g/mol. The van der Waals surface area contributed by atoms with Gasteiger partial charge in [0.15, 0.2) is 0 Å². The molecule has 6 nitrogen and oxygen atoms in total. The average molecular weight is 368 g/mol. The van der Waals surface area contributed by atoms with Gasteiger partial charge in [0.1, 0.15) is 5.75 Å². The van der Waals surface area contributed by atoms with Crippen LogP contribution in [0.25, 0.3) is 0 Å². The van der Waals surface area contributed by atoms with Gasteiger partial charge in [-0.2, -0.15) is 0 Å². The number of piperidine rings is 1. The van der Waals surface area contributed by atoms with Crippen molar-refractivity contribution in [2.24, 2.45) is 5.92 Å². The standard InChI is InChI=1S/C21H24N2O4/c24-20(25)17-8-5-12-23(15-17)21(26)22-18-9-4-10-19(14-18)27-13-11-16-6-2-1-3-7-16/h1-4,6-7,9-10,14,17H,5,8,11-13,15H2,(H,22,26)(H,24,25). The number of carbonyl (C=O) groups excluding carboxylic acids is 1. The number of nitrogens with zero attached hydrogens (tertiary/aromatic N) is 1. The van der Waals surface area contributed by atoms with Gasteiger partial charge >= 0.3 is 12.0 Å². The third-order valence-electron chi connectivity index (χ3n) is 4.65. The van der Waals surface area contributed by atoms with Gasteiger partial charge in [0, 0.05) is 31.3 Å². The first-order chi connectivity index (χ1) is 13.1. The Hall–Kier alpha value is -3.02. The molecule has 2 N–H and O–H groups in total. The first kappa shape index (κ1) is 18.8. The van der Waals surface area contributed by atoms with Gasteiger partial charge in [0.25, 0.3) is 0 Å². The van der Waals surface area contributed by atoms with E-state index in [2.05, 4.69) is 17.4 Å². The van der Waals surface area contributed by atoms with Crippen LogP contribution in [0.3, 0.4) is 0 Å². The van der Waals surface area contributed by atoms with E-state index in [-0.39, 0.29) is 12.6 Å². The molecule has 1 aliphatic rings. The van der Waals surface area contributed by atoms with E-state index in [9.17, 15) is 9.59 Å². The van der Waals surface area contributed by atoms with Crippen LogP contribution in [0.1, 0.15) is 18.4 Å². The summed E-state index contributed by atoms with van der Waals surface area (Å²) in [6.07, 6.45) is 2.12. The van der Waals surface area contributed by atoms with Crippen molar-refractivity contribution in [3.8, 4) is 5.75 Å². The molecule has 0 bridgehead atoms. The number of aliphatic carboxylic acids is 1. The van der Waals surface area contributed by atoms with E-state index in [1.807, 2.05) is 30.3 Å². The summed E-state index contributed by atoms with van der Waals surface area (Å²) in [6.45, 7) is 1.37. The Morgan fingerprint density at radius 1 is 1.15 bits per heavy atom. The zero-order valence-electron chi connectivity index (χ0n) is 15.1. The SMILES string of the molecule is O=C(O)C1CCCN(C(=O)Nc2cccc(OCCc3ccccc3)c2)C1. The van der Waals surface area contributed by atoms with E-state index >= 15 is 0 Å². The summed E-state index contributed by atoms with van der Waals surface area (Å²) < 4.78 is 5.78. The molecule has 1 atom stereocenters. The van der Waals surface area contributed by atoms with Crippen molar-refractivity contribution < 1.29 is 19.4 Å². The Morgan fingerprint density at radius 3 is 2.74 bits per heavy atom. The number of nitrogens with one attached hydrogen (secondary N) is 1. The Labute approximate surface area is 158 Å². The summed E-state index contributed by atoms with van der Waals surface area (Å²) >= 11 is 0. The second kappa shape index (κ2) is 9.07. The lowest BCUT2D eigenvalue weighted by Gasteiger charge is -2.30. The van der Waals surface area contributed by atoms with Crippen LogP contribution in [-0.4, -0.2) is 41.7 Å². The number of urea groups is 1. The molecule has 0 spiro atoms. The van der Waals surface area contributed by atoms with E-state index in [0.29, 0.717) is 37.4 Å². The number of ether oxygens (including phenoxy) is 1. The second-order valence-electron chi connectivity index (χ2n) is 6.67. The lowest BCUT2D eigenvalue weighted by molar-refractivity contribution is -0.143. The number of anilines is 1. The van der Waals surface area contributed by atoms with Gasteiger partial charge in [-0.1, -0.05) is 36.4 Å².